The minimum Gasteiger partial charge on any atom is -0.495 e. The zero-order valence-electron chi connectivity index (χ0n) is 18.2. The van der Waals surface area contributed by atoms with Gasteiger partial charge in [-0.25, -0.2) is 8.42 Å². The smallest absolute Gasteiger partial charge is 0.263 e. The molecule has 1 amide bonds. The minimum atomic E-state index is -4.05. The Labute approximate surface area is 199 Å². The molecule has 0 radical (unpaired) electrons. The number of ether oxygens (including phenoxy) is 1. The van der Waals surface area contributed by atoms with Crippen LogP contribution in [-0.4, -0.2) is 38.9 Å². The van der Waals surface area contributed by atoms with Crippen LogP contribution >= 0.6 is 11.6 Å². The average Bonchev–Trinajstić information content (AvgIpc) is 3.27. The van der Waals surface area contributed by atoms with Crippen molar-refractivity contribution in [2.75, 3.05) is 18.4 Å². The molecule has 1 fully saturated rings. The molecule has 172 valence electrons. The summed E-state index contributed by atoms with van der Waals surface area (Å²) in [5, 5.41) is 0.0382. The maximum absolute atomic E-state index is 13.3. The molecule has 33 heavy (non-hydrogen) atoms. The molecule has 1 atom stereocenters. The number of nitrogens with zero attached hydrogens (tertiary/aromatic N) is 1. The van der Waals surface area contributed by atoms with Crippen molar-refractivity contribution in [3.63, 3.8) is 0 Å². The van der Waals surface area contributed by atoms with E-state index in [4.69, 9.17) is 16.3 Å². The summed E-state index contributed by atoms with van der Waals surface area (Å²) < 4.78 is 34.0. The zero-order valence-corrected chi connectivity index (χ0v) is 19.8. The standard InChI is InChI=1S/C25H25ClN2O4S/c1-32-23-12-6-5-11-22(23)27-33(30,31)24-17-19(13-14-21(24)26)25(29)28-15-7-10-20(28)16-18-8-3-2-4-9-18/h2-6,8-9,11-14,17,20,27H,7,10,15-16H2,1H3. The Morgan fingerprint density at radius 1 is 1.09 bits per heavy atom. The van der Waals surface area contributed by atoms with Crippen LogP contribution in [0.4, 0.5) is 5.69 Å². The van der Waals surface area contributed by atoms with Gasteiger partial charge in [-0.2, -0.15) is 0 Å². The lowest BCUT2D eigenvalue weighted by molar-refractivity contribution is 0.0736. The van der Waals surface area contributed by atoms with Crippen LogP contribution < -0.4 is 9.46 Å². The molecule has 0 aromatic heterocycles. The second kappa shape index (κ2) is 9.85. The van der Waals surface area contributed by atoms with Crippen LogP contribution in [-0.2, 0) is 16.4 Å². The third-order valence-electron chi connectivity index (χ3n) is 5.77. The summed E-state index contributed by atoms with van der Waals surface area (Å²) >= 11 is 6.25. The fourth-order valence-corrected chi connectivity index (χ4v) is 5.74. The molecule has 1 saturated heterocycles. The Balaban J connectivity index is 1.59. The van der Waals surface area contributed by atoms with Crippen LogP contribution in [0.1, 0.15) is 28.8 Å². The van der Waals surface area contributed by atoms with Gasteiger partial charge in [-0.15, -0.1) is 0 Å². The van der Waals surface area contributed by atoms with Crippen molar-refractivity contribution in [2.45, 2.75) is 30.2 Å². The van der Waals surface area contributed by atoms with Crippen molar-refractivity contribution in [1.82, 2.24) is 4.90 Å². The van der Waals surface area contributed by atoms with E-state index in [1.807, 2.05) is 23.1 Å². The molecule has 8 heteroatoms. The van der Waals surface area contributed by atoms with Gasteiger partial charge in [0.15, 0.2) is 0 Å². The van der Waals surface area contributed by atoms with E-state index in [2.05, 4.69) is 16.9 Å². The Kier molecular flexibility index (Phi) is 6.91. The second-order valence-corrected chi connectivity index (χ2v) is 9.99. The number of anilines is 1. The highest BCUT2D eigenvalue weighted by molar-refractivity contribution is 7.92. The normalized spacial score (nSPS) is 15.9. The second-order valence-electron chi connectivity index (χ2n) is 7.94. The largest absolute Gasteiger partial charge is 0.495 e. The zero-order chi connectivity index (χ0) is 23.4. The average molecular weight is 485 g/mol. The van der Waals surface area contributed by atoms with Crippen LogP contribution in [0.25, 0.3) is 0 Å². The summed E-state index contributed by atoms with van der Waals surface area (Å²) in [4.78, 5) is 15.0. The number of hydrogen-bond acceptors (Lipinski definition) is 4. The van der Waals surface area contributed by atoms with Gasteiger partial charge < -0.3 is 9.64 Å². The quantitative estimate of drug-likeness (QED) is 0.512. The first kappa shape index (κ1) is 23.1. The van der Waals surface area contributed by atoms with Crippen molar-refractivity contribution < 1.29 is 17.9 Å². The first-order chi connectivity index (χ1) is 15.9. The maximum atomic E-state index is 13.3. The molecular formula is C25H25ClN2O4S. The topological polar surface area (TPSA) is 75.7 Å². The molecule has 1 N–H and O–H groups in total. The molecule has 3 aromatic carbocycles. The SMILES string of the molecule is COc1ccccc1NS(=O)(=O)c1cc(C(=O)N2CCCC2Cc2ccccc2)ccc1Cl. The highest BCUT2D eigenvalue weighted by Gasteiger charge is 2.30. The van der Waals surface area contributed by atoms with Gasteiger partial charge in [-0.1, -0.05) is 54.1 Å². The monoisotopic (exact) mass is 484 g/mol. The Morgan fingerprint density at radius 2 is 1.82 bits per heavy atom. The number of methoxy groups -OCH3 is 1. The number of carbonyl (C=O) groups excluding carboxylic acids is 1. The van der Waals surface area contributed by atoms with Gasteiger partial charge in [-0.3, -0.25) is 9.52 Å². The summed E-state index contributed by atoms with van der Waals surface area (Å²) in [6.45, 7) is 0.639. The summed E-state index contributed by atoms with van der Waals surface area (Å²) in [6, 6.07) is 21.2. The maximum Gasteiger partial charge on any atom is 0.263 e. The fourth-order valence-electron chi connectivity index (χ4n) is 4.14. The Bertz CT molecular complexity index is 1250. The third-order valence-corrected chi connectivity index (χ3v) is 7.62. The highest BCUT2D eigenvalue weighted by atomic mass is 35.5. The summed E-state index contributed by atoms with van der Waals surface area (Å²) in [7, 11) is -2.59. The van der Waals surface area contributed by atoms with Crippen molar-refractivity contribution in [3.8, 4) is 5.75 Å². The van der Waals surface area contributed by atoms with E-state index in [9.17, 15) is 13.2 Å². The Hall–Kier alpha value is -3.03. The van der Waals surface area contributed by atoms with Crippen molar-refractivity contribution in [1.29, 1.82) is 0 Å². The van der Waals surface area contributed by atoms with Crippen LogP contribution in [0.5, 0.6) is 5.75 Å². The van der Waals surface area contributed by atoms with Crippen molar-refractivity contribution in [2.24, 2.45) is 0 Å². The molecular weight excluding hydrogens is 460 g/mol. The van der Waals surface area contributed by atoms with E-state index in [-0.39, 0.29) is 27.6 Å². The van der Waals surface area contributed by atoms with Crippen LogP contribution in [0, 0.1) is 0 Å². The molecule has 0 aliphatic carbocycles. The van der Waals surface area contributed by atoms with Crippen LogP contribution in [0.15, 0.2) is 77.7 Å². The number of nitrogens with one attached hydrogen (secondary N) is 1. The molecule has 0 bridgehead atoms. The van der Waals surface area contributed by atoms with Gasteiger partial charge in [0.1, 0.15) is 10.6 Å². The number of hydrogen-bond donors (Lipinski definition) is 1. The Morgan fingerprint density at radius 3 is 2.58 bits per heavy atom. The van der Waals surface area contributed by atoms with Crippen LogP contribution in [0.2, 0.25) is 5.02 Å². The number of halogens is 1. The lowest BCUT2D eigenvalue weighted by Gasteiger charge is -2.25. The van der Waals surface area contributed by atoms with Gasteiger partial charge in [0, 0.05) is 18.2 Å². The fraction of sp³-hybridized carbons (Fsp3) is 0.240. The molecule has 1 aliphatic rings. The summed E-state index contributed by atoms with van der Waals surface area (Å²) in [6.07, 6.45) is 2.59. The molecule has 0 spiro atoms. The van der Waals surface area contributed by atoms with E-state index in [1.165, 1.54) is 24.8 Å². The lowest BCUT2D eigenvalue weighted by Crippen LogP contribution is -2.36. The molecule has 1 unspecified atom stereocenters. The predicted octanol–water partition coefficient (Wildman–Crippen LogP) is 5.00. The number of likely N-dealkylation sites (tertiary alicyclic amines) is 1. The number of benzene rings is 3. The van der Waals surface area contributed by atoms with E-state index in [0.717, 1.165) is 19.3 Å². The van der Waals surface area contributed by atoms with Gasteiger partial charge in [-0.05, 0) is 55.2 Å². The van der Waals surface area contributed by atoms with E-state index >= 15 is 0 Å². The molecule has 0 saturated carbocycles. The van der Waals surface area contributed by atoms with Gasteiger partial charge in [0.2, 0.25) is 0 Å². The predicted molar refractivity (Wildman–Crippen MR) is 129 cm³/mol. The van der Waals surface area contributed by atoms with E-state index in [1.54, 1.807) is 30.3 Å². The molecule has 3 aromatic rings. The lowest BCUT2D eigenvalue weighted by atomic mass is 10.0. The number of carbonyl (C=O) groups is 1. The first-order valence-corrected chi connectivity index (χ1v) is 12.6. The summed E-state index contributed by atoms with van der Waals surface area (Å²) in [5.74, 6) is 0.184. The number of sulfonamides is 1. The van der Waals surface area contributed by atoms with Crippen molar-refractivity contribution in [3.05, 3.63) is 88.9 Å². The molecule has 6 nitrogen and oxygen atoms in total. The van der Waals surface area contributed by atoms with Gasteiger partial charge >= 0.3 is 0 Å². The first-order valence-electron chi connectivity index (χ1n) is 10.7. The summed E-state index contributed by atoms with van der Waals surface area (Å²) in [5.41, 5.74) is 1.75. The van der Waals surface area contributed by atoms with E-state index in [0.29, 0.717) is 17.9 Å². The molecule has 4 rings (SSSR count). The van der Waals surface area contributed by atoms with Gasteiger partial charge in [0.05, 0.1) is 17.8 Å². The minimum absolute atomic E-state index is 0.0382. The van der Waals surface area contributed by atoms with Crippen molar-refractivity contribution >= 4 is 33.2 Å². The number of para-hydroxylation sites is 2. The number of rotatable bonds is 7. The third kappa shape index (κ3) is 5.15. The number of amides is 1. The highest BCUT2D eigenvalue weighted by Crippen LogP contribution is 2.30. The van der Waals surface area contributed by atoms with Crippen LogP contribution in [0.3, 0.4) is 0 Å². The van der Waals surface area contributed by atoms with E-state index < -0.39 is 10.0 Å². The molecule has 1 heterocycles. The molecule has 1 aliphatic heterocycles. The van der Waals surface area contributed by atoms with Gasteiger partial charge in [0.25, 0.3) is 15.9 Å².